The summed E-state index contributed by atoms with van der Waals surface area (Å²) in [6.45, 7) is 2.13. The fourth-order valence-electron chi connectivity index (χ4n) is 3.57. The van der Waals surface area contributed by atoms with E-state index >= 15 is 0 Å². The molecule has 164 valence electrons. The molecule has 32 heavy (non-hydrogen) atoms. The van der Waals surface area contributed by atoms with E-state index in [1.54, 1.807) is 33.4 Å². The van der Waals surface area contributed by atoms with Crippen LogP contribution in [0, 0.1) is 0 Å². The summed E-state index contributed by atoms with van der Waals surface area (Å²) < 4.78 is 12.9. The van der Waals surface area contributed by atoms with E-state index in [-0.39, 0.29) is 5.78 Å². The van der Waals surface area contributed by atoms with Gasteiger partial charge in [0.2, 0.25) is 5.95 Å². The maximum atomic E-state index is 11.7. The van der Waals surface area contributed by atoms with Crippen LogP contribution in [0.1, 0.15) is 22.8 Å². The third kappa shape index (κ3) is 4.20. The molecule has 0 aliphatic carbocycles. The zero-order chi connectivity index (χ0) is 22.7. The average Bonchev–Trinajstić information content (AvgIpc) is 3.15. The van der Waals surface area contributed by atoms with Gasteiger partial charge < -0.3 is 24.7 Å². The largest absolute Gasteiger partial charge is 0.493 e. The highest BCUT2D eigenvalue weighted by molar-refractivity contribution is 5.95. The molecule has 8 nitrogen and oxygen atoms in total. The van der Waals surface area contributed by atoms with E-state index in [0.717, 1.165) is 28.2 Å². The number of hydrogen-bond acceptors (Lipinski definition) is 7. The maximum Gasteiger partial charge on any atom is 0.203 e. The van der Waals surface area contributed by atoms with Crippen LogP contribution in [0.2, 0.25) is 0 Å². The van der Waals surface area contributed by atoms with Crippen molar-refractivity contribution in [1.82, 2.24) is 14.5 Å². The topological polar surface area (TPSA) is 90.3 Å². The highest BCUT2D eigenvalue weighted by Gasteiger charge is 2.13. The standard InChI is InChI=1S/C24H25N5O3/c1-15(30)17-6-5-7-18(11-17)27-23-12-20-19(13-26-23)28-24(25-2)29(20)14-16-8-9-21(31-3)22(10-16)32-4/h5-13H,14H2,1-4H3,(H,25,28)(H,26,27). The van der Waals surface area contributed by atoms with E-state index in [4.69, 9.17) is 9.47 Å². The summed E-state index contributed by atoms with van der Waals surface area (Å²) in [4.78, 5) is 20.8. The number of carbonyl (C=O) groups is 1. The van der Waals surface area contributed by atoms with Gasteiger partial charge in [-0.3, -0.25) is 4.79 Å². The molecule has 8 heteroatoms. The van der Waals surface area contributed by atoms with Crippen molar-refractivity contribution in [2.45, 2.75) is 13.5 Å². The Balaban J connectivity index is 1.70. The molecule has 0 saturated carbocycles. The molecule has 0 radical (unpaired) electrons. The Bertz CT molecular complexity index is 1280. The summed E-state index contributed by atoms with van der Waals surface area (Å²) >= 11 is 0. The van der Waals surface area contributed by atoms with Crippen LogP contribution < -0.4 is 20.1 Å². The molecule has 2 heterocycles. The molecule has 0 atom stereocenters. The molecule has 2 aromatic heterocycles. The Hall–Kier alpha value is -4.07. The molecule has 0 unspecified atom stereocenters. The van der Waals surface area contributed by atoms with Gasteiger partial charge >= 0.3 is 0 Å². The van der Waals surface area contributed by atoms with Crippen LogP contribution in [0.25, 0.3) is 11.0 Å². The van der Waals surface area contributed by atoms with E-state index in [1.165, 1.54) is 0 Å². The van der Waals surface area contributed by atoms with E-state index in [1.807, 2.05) is 49.5 Å². The minimum atomic E-state index is 0.0173. The van der Waals surface area contributed by atoms with Crippen LogP contribution in [0.4, 0.5) is 17.5 Å². The van der Waals surface area contributed by atoms with Crippen molar-refractivity contribution in [2.75, 3.05) is 31.9 Å². The van der Waals surface area contributed by atoms with Crippen molar-refractivity contribution in [2.24, 2.45) is 0 Å². The second-order valence-electron chi connectivity index (χ2n) is 7.28. The summed E-state index contributed by atoms with van der Waals surface area (Å²) in [5.74, 6) is 2.77. The van der Waals surface area contributed by atoms with Gasteiger partial charge in [0, 0.05) is 24.4 Å². The Labute approximate surface area is 186 Å². The fourth-order valence-corrected chi connectivity index (χ4v) is 3.57. The van der Waals surface area contributed by atoms with Gasteiger partial charge in [-0.1, -0.05) is 18.2 Å². The predicted molar refractivity (Wildman–Crippen MR) is 125 cm³/mol. The van der Waals surface area contributed by atoms with Gasteiger partial charge in [0.15, 0.2) is 17.3 Å². The van der Waals surface area contributed by atoms with Crippen molar-refractivity contribution < 1.29 is 14.3 Å². The molecule has 0 saturated heterocycles. The Morgan fingerprint density at radius 1 is 1.06 bits per heavy atom. The number of methoxy groups -OCH3 is 2. The lowest BCUT2D eigenvalue weighted by Gasteiger charge is -2.13. The van der Waals surface area contributed by atoms with Crippen molar-refractivity contribution in [3.05, 3.63) is 65.9 Å². The Morgan fingerprint density at radius 3 is 2.59 bits per heavy atom. The van der Waals surface area contributed by atoms with Crippen LogP contribution in [-0.4, -0.2) is 41.6 Å². The van der Waals surface area contributed by atoms with Gasteiger partial charge in [0.25, 0.3) is 0 Å². The molecule has 2 N–H and O–H groups in total. The molecule has 0 bridgehead atoms. The number of aromatic nitrogens is 3. The number of nitrogens with zero attached hydrogens (tertiary/aromatic N) is 3. The van der Waals surface area contributed by atoms with E-state index in [0.29, 0.717) is 29.4 Å². The number of benzene rings is 2. The number of fused-ring (bicyclic) bond motifs is 1. The van der Waals surface area contributed by atoms with Crippen molar-refractivity contribution in [3.63, 3.8) is 0 Å². The molecule has 0 amide bonds. The van der Waals surface area contributed by atoms with Crippen LogP contribution in [-0.2, 0) is 6.54 Å². The summed E-state index contributed by atoms with van der Waals surface area (Å²) in [5.41, 5.74) is 4.18. The van der Waals surface area contributed by atoms with Crippen LogP contribution in [0.15, 0.2) is 54.7 Å². The minimum Gasteiger partial charge on any atom is -0.493 e. The molecular weight excluding hydrogens is 406 g/mol. The second-order valence-corrected chi connectivity index (χ2v) is 7.28. The third-order valence-corrected chi connectivity index (χ3v) is 5.19. The smallest absolute Gasteiger partial charge is 0.203 e. The predicted octanol–water partition coefficient (Wildman–Crippen LogP) is 4.48. The Kier molecular flexibility index (Phi) is 5.93. The van der Waals surface area contributed by atoms with Gasteiger partial charge in [-0.05, 0) is 36.8 Å². The monoisotopic (exact) mass is 431 g/mol. The normalized spacial score (nSPS) is 10.8. The number of nitrogens with one attached hydrogen (secondary N) is 2. The fraction of sp³-hybridized carbons (Fsp3) is 0.208. The number of pyridine rings is 1. The summed E-state index contributed by atoms with van der Waals surface area (Å²) in [5, 5.41) is 6.44. The quantitative estimate of drug-likeness (QED) is 0.397. The van der Waals surface area contributed by atoms with E-state index < -0.39 is 0 Å². The molecular formula is C24H25N5O3. The molecule has 0 fully saturated rings. The van der Waals surface area contributed by atoms with E-state index in [2.05, 4.69) is 25.2 Å². The summed E-state index contributed by atoms with van der Waals surface area (Å²) in [6.07, 6.45) is 1.73. The van der Waals surface area contributed by atoms with Crippen LogP contribution in [0.3, 0.4) is 0 Å². The number of ketones is 1. The molecule has 0 aliphatic rings. The second kappa shape index (κ2) is 8.97. The lowest BCUT2D eigenvalue weighted by Crippen LogP contribution is -2.06. The number of ether oxygens (including phenoxy) is 2. The molecule has 4 rings (SSSR count). The third-order valence-electron chi connectivity index (χ3n) is 5.19. The van der Waals surface area contributed by atoms with Crippen molar-refractivity contribution >= 4 is 34.3 Å². The zero-order valence-electron chi connectivity index (χ0n) is 18.5. The first-order chi connectivity index (χ1) is 15.5. The molecule has 2 aromatic carbocycles. The van der Waals surface area contributed by atoms with E-state index in [9.17, 15) is 4.79 Å². The maximum absolute atomic E-state index is 11.7. The number of imidazole rings is 1. The number of rotatable bonds is 8. The first-order valence-electron chi connectivity index (χ1n) is 10.2. The van der Waals surface area contributed by atoms with Crippen LogP contribution in [0.5, 0.6) is 11.5 Å². The van der Waals surface area contributed by atoms with Crippen molar-refractivity contribution in [1.29, 1.82) is 0 Å². The molecule has 4 aromatic rings. The first kappa shape index (κ1) is 21.2. The average molecular weight is 431 g/mol. The summed E-state index contributed by atoms with van der Waals surface area (Å²) in [7, 11) is 5.08. The zero-order valence-corrected chi connectivity index (χ0v) is 18.5. The number of carbonyl (C=O) groups excluding carboxylic acids is 1. The highest BCUT2D eigenvalue weighted by Crippen LogP contribution is 2.30. The lowest BCUT2D eigenvalue weighted by atomic mass is 10.1. The molecule has 0 spiro atoms. The Morgan fingerprint density at radius 2 is 1.88 bits per heavy atom. The SMILES string of the molecule is CNc1nc2cnc(Nc3cccc(C(C)=O)c3)cc2n1Cc1ccc(OC)c(OC)c1. The van der Waals surface area contributed by atoms with Gasteiger partial charge in [0.05, 0.1) is 32.5 Å². The lowest BCUT2D eigenvalue weighted by molar-refractivity contribution is 0.101. The first-order valence-corrected chi connectivity index (χ1v) is 10.2. The van der Waals surface area contributed by atoms with Gasteiger partial charge in [-0.25, -0.2) is 9.97 Å². The minimum absolute atomic E-state index is 0.0173. The number of Topliss-reactive ketones (excluding diaryl/α,β-unsaturated/α-hetero) is 1. The number of anilines is 3. The molecule has 0 aliphatic heterocycles. The number of hydrogen-bond donors (Lipinski definition) is 2. The van der Waals surface area contributed by atoms with Gasteiger partial charge in [-0.15, -0.1) is 0 Å². The van der Waals surface area contributed by atoms with Crippen molar-refractivity contribution in [3.8, 4) is 11.5 Å². The van der Waals surface area contributed by atoms with Crippen LogP contribution >= 0.6 is 0 Å². The van der Waals surface area contributed by atoms with Gasteiger partial charge in [-0.2, -0.15) is 0 Å². The van der Waals surface area contributed by atoms with Gasteiger partial charge in [0.1, 0.15) is 11.3 Å². The highest BCUT2D eigenvalue weighted by atomic mass is 16.5. The summed E-state index contributed by atoms with van der Waals surface area (Å²) in [6, 6.07) is 15.1.